The molecule has 0 radical (unpaired) electrons. The predicted molar refractivity (Wildman–Crippen MR) is 74.0 cm³/mol. The van der Waals surface area contributed by atoms with Crippen LogP contribution in [0.2, 0.25) is 0 Å². The fourth-order valence-electron chi connectivity index (χ4n) is 1.77. The third kappa shape index (κ3) is 3.81. The van der Waals surface area contributed by atoms with E-state index in [0.717, 1.165) is 11.1 Å². The van der Waals surface area contributed by atoms with Gasteiger partial charge in [0.05, 0.1) is 5.69 Å². The molecule has 19 heavy (non-hydrogen) atoms. The zero-order chi connectivity index (χ0) is 13.7. The summed E-state index contributed by atoms with van der Waals surface area (Å²) in [6.07, 6.45) is 4.44. The Hall–Kier alpha value is -2.36. The molecule has 0 spiro atoms. The monoisotopic (exact) mass is 256 g/mol. The normalized spacial score (nSPS) is 10.2. The van der Waals surface area contributed by atoms with Gasteiger partial charge in [-0.1, -0.05) is 6.07 Å². The summed E-state index contributed by atoms with van der Waals surface area (Å²) >= 11 is 0. The number of pyridine rings is 1. The molecule has 0 saturated heterocycles. The number of aromatic hydroxyl groups is 1. The Morgan fingerprint density at radius 3 is 2.68 bits per heavy atom. The molecule has 0 saturated carbocycles. The van der Waals surface area contributed by atoms with Crippen molar-refractivity contribution < 1.29 is 9.90 Å². The quantitative estimate of drug-likeness (QED) is 0.827. The molecule has 1 heterocycles. The molecule has 2 N–H and O–H groups in total. The molecule has 1 aromatic heterocycles. The second kappa shape index (κ2) is 6.00. The molecular weight excluding hydrogens is 240 g/mol. The van der Waals surface area contributed by atoms with Crippen LogP contribution >= 0.6 is 0 Å². The first-order valence-corrected chi connectivity index (χ1v) is 6.13. The molecule has 0 unspecified atom stereocenters. The molecule has 4 heteroatoms. The maximum atomic E-state index is 11.8. The van der Waals surface area contributed by atoms with E-state index in [-0.39, 0.29) is 11.7 Å². The molecule has 0 aliphatic rings. The van der Waals surface area contributed by atoms with Crippen LogP contribution in [0, 0.1) is 6.92 Å². The number of amides is 1. The molecule has 0 fully saturated rings. The van der Waals surface area contributed by atoms with E-state index in [2.05, 4.69) is 10.3 Å². The number of benzene rings is 1. The highest BCUT2D eigenvalue weighted by Crippen LogP contribution is 2.23. The molecule has 1 amide bonds. The molecule has 4 nitrogen and oxygen atoms in total. The summed E-state index contributed by atoms with van der Waals surface area (Å²) in [5, 5.41) is 12.4. The van der Waals surface area contributed by atoms with Crippen molar-refractivity contribution in [3.8, 4) is 5.75 Å². The molecule has 0 aliphatic carbocycles. The lowest BCUT2D eigenvalue weighted by molar-refractivity contribution is -0.116. The lowest BCUT2D eigenvalue weighted by Crippen LogP contribution is -2.12. The Labute approximate surface area is 112 Å². The number of anilines is 1. The van der Waals surface area contributed by atoms with Gasteiger partial charge in [0, 0.05) is 18.8 Å². The number of rotatable bonds is 4. The average molecular weight is 256 g/mol. The number of carbonyl (C=O) groups excluding carboxylic acids is 1. The number of carbonyl (C=O) groups is 1. The summed E-state index contributed by atoms with van der Waals surface area (Å²) in [7, 11) is 0. The van der Waals surface area contributed by atoms with E-state index in [4.69, 9.17) is 0 Å². The zero-order valence-corrected chi connectivity index (χ0v) is 10.8. The van der Waals surface area contributed by atoms with Gasteiger partial charge < -0.3 is 10.4 Å². The van der Waals surface area contributed by atoms with Gasteiger partial charge in [0.25, 0.3) is 0 Å². The van der Waals surface area contributed by atoms with Gasteiger partial charge >= 0.3 is 0 Å². The standard InChI is InChI=1S/C15H16N2O2/c1-11-2-4-13(14(18)10-11)17-15(19)5-3-12-6-8-16-9-7-12/h2,4,6-10,18H,3,5H2,1H3,(H,17,19). The van der Waals surface area contributed by atoms with Crippen LogP contribution in [0.4, 0.5) is 5.69 Å². The van der Waals surface area contributed by atoms with E-state index in [1.807, 2.05) is 25.1 Å². The van der Waals surface area contributed by atoms with Crippen molar-refractivity contribution in [2.45, 2.75) is 19.8 Å². The van der Waals surface area contributed by atoms with Gasteiger partial charge in [0.15, 0.2) is 0 Å². The van der Waals surface area contributed by atoms with Crippen molar-refractivity contribution in [2.75, 3.05) is 5.32 Å². The van der Waals surface area contributed by atoms with Crippen LogP contribution in [0.3, 0.4) is 0 Å². The van der Waals surface area contributed by atoms with Gasteiger partial charge in [0.1, 0.15) is 5.75 Å². The van der Waals surface area contributed by atoms with Gasteiger partial charge in [-0.05, 0) is 48.7 Å². The number of nitrogens with zero attached hydrogens (tertiary/aromatic N) is 1. The van der Waals surface area contributed by atoms with E-state index in [1.54, 1.807) is 24.5 Å². The Bertz CT molecular complexity index is 568. The van der Waals surface area contributed by atoms with Gasteiger partial charge in [-0.15, -0.1) is 0 Å². The van der Waals surface area contributed by atoms with Crippen LogP contribution in [0.5, 0.6) is 5.75 Å². The molecule has 0 atom stereocenters. The van der Waals surface area contributed by atoms with E-state index >= 15 is 0 Å². The molecule has 2 rings (SSSR count). The van der Waals surface area contributed by atoms with Gasteiger partial charge in [-0.2, -0.15) is 0 Å². The maximum Gasteiger partial charge on any atom is 0.224 e. The summed E-state index contributed by atoms with van der Waals surface area (Å²) in [5.74, 6) is -0.0202. The number of nitrogens with one attached hydrogen (secondary N) is 1. The minimum Gasteiger partial charge on any atom is -0.506 e. The fraction of sp³-hybridized carbons (Fsp3) is 0.200. The van der Waals surface area contributed by atoms with Crippen LogP contribution in [0.15, 0.2) is 42.7 Å². The highest BCUT2D eigenvalue weighted by Gasteiger charge is 2.06. The molecule has 1 aromatic carbocycles. The summed E-state index contributed by atoms with van der Waals surface area (Å²) in [4.78, 5) is 15.7. The number of hydrogen-bond acceptors (Lipinski definition) is 3. The largest absolute Gasteiger partial charge is 0.506 e. The van der Waals surface area contributed by atoms with E-state index in [1.165, 1.54) is 0 Å². The third-order valence-corrected chi connectivity index (χ3v) is 2.82. The van der Waals surface area contributed by atoms with Gasteiger partial charge in [-0.25, -0.2) is 0 Å². The highest BCUT2D eigenvalue weighted by molar-refractivity contribution is 5.92. The van der Waals surface area contributed by atoms with Crippen molar-refractivity contribution >= 4 is 11.6 Å². The first-order chi connectivity index (χ1) is 9.15. The summed E-state index contributed by atoms with van der Waals surface area (Å²) in [5.41, 5.74) is 2.47. The van der Waals surface area contributed by atoms with Crippen LogP contribution in [-0.2, 0) is 11.2 Å². The smallest absolute Gasteiger partial charge is 0.224 e. The second-order valence-corrected chi connectivity index (χ2v) is 4.42. The summed E-state index contributed by atoms with van der Waals surface area (Å²) in [6, 6.07) is 8.94. The topological polar surface area (TPSA) is 62.2 Å². The third-order valence-electron chi connectivity index (χ3n) is 2.82. The fourth-order valence-corrected chi connectivity index (χ4v) is 1.77. The number of phenols is 1. The van der Waals surface area contributed by atoms with Crippen LogP contribution < -0.4 is 5.32 Å². The van der Waals surface area contributed by atoms with Crippen molar-refractivity contribution in [2.24, 2.45) is 0 Å². The van der Waals surface area contributed by atoms with Crippen molar-refractivity contribution in [1.82, 2.24) is 4.98 Å². The maximum absolute atomic E-state index is 11.8. The Morgan fingerprint density at radius 2 is 2.00 bits per heavy atom. The van der Waals surface area contributed by atoms with E-state index in [0.29, 0.717) is 18.5 Å². The van der Waals surface area contributed by atoms with Crippen molar-refractivity contribution in [3.63, 3.8) is 0 Å². The first-order valence-electron chi connectivity index (χ1n) is 6.13. The lowest BCUT2D eigenvalue weighted by Gasteiger charge is -2.08. The minimum absolute atomic E-state index is 0.0947. The number of phenolic OH excluding ortho intramolecular Hbond substituents is 1. The number of hydrogen-bond donors (Lipinski definition) is 2. The molecule has 0 bridgehead atoms. The van der Waals surface area contributed by atoms with E-state index < -0.39 is 0 Å². The van der Waals surface area contributed by atoms with Crippen LogP contribution in [0.25, 0.3) is 0 Å². The Balaban J connectivity index is 1.91. The van der Waals surface area contributed by atoms with Crippen LogP contribution in [-0.4, -0.2) is 16.0 Å². The number of aromatic nitrogens is 1. The molecule has 2 aromatic rings. The zero-order valence-electron chi connectivity index (χ0n) is 10.8. The SMILES string of the molecule is Cc1ccc(NC(=O)CCc2ccncc2)c(O)c1. The van der Waals surface area contributed by atoms with E-state index in [9.17, 15) is 9.90 Å². The van der Waals surface area contributed by atoms with Gasteiger partial charge in [-0.3, -0.25) is 9.78 Å². The predicted octanol–water partition coefficient (Wildman–Crippen LogP) is 2.67. The average Bonchev–Trinajstić information content (AvgIpc) is 2.41. The molecule has 0 aliphatic heterocycles. The summed E-state index contributed by atoms with van der Waals surface area (Å²) in [6.45, 7) is 1.88. The first kappa shape index (κ1) is 13.1. The minimum atomic E-state index is -0.115. The number of aryl methyl sites for hydroxylation is 2. The lowest BCUT2D eigenvalue weighted by atomic mass is 10.1. The highest BCUT2D eigenvalue weighted by atomic mass is 16.3. The van der Waals surface area contributed by atoms with Crippen molar-refractivity contribution in [1.29, 1.82) is 0 Å². The Morgan fingerprint density at radius 1 is 1.26 bits per heavy atom. The second-order valence-electron chi connectivity index (χ2n) is 4.42. The molecule has 98 valence electrons. The molecular formula is C15H16N2O2. The van der Waals surface area contributed by atoms with Crippen molar-refractivity contribution in [3.05, 3.63) is 53.9 Å². The van der Waals surface area contributed by atoms with Gasteiger partial charge in [0.2, 0.25) is 5.91 Å². The Kier molecular flexibility index (Phi) is 4.13. The summed E-state index contributed by atoms with van der Waals surface area (Å²) < 4.78 is 0. The van der Waals surface area contributed by atoms with Crippen LogP contribution in [0.1, 0.15) is 17.5 Å².